The molecule has 1 aromatic carbocycles. The molecule has 6 nitrogen and oxygen atoms in total. The molecule has 148 valence electrons. The van der Waals surface area contributed by atoms with Crippen LogP contribution < -0.4 is 5.32 Å². The Hall–Kier alpha value is -2.21. The number of imide groups is 1. The maximum absolute atomic E-state index is 13.5. The number of carbonyl (C=O) groups is 3. The Morgan fingerprint density at radius 2 is 2.00 bits per heavy atom. The Morgan fingerprint density at radius 1 is 1.18 bits per heavy atom. The van der Waals surface area contributed by atoms with E-state index in [0.717, 1.165) is 55.5 Å². The Labute approximate surface area is 165 Å². The highest BCUT2D eigenvalue weighted by atomic mass is 16.2. The lowest BCUT2D eigenvalue weighted by molar-refractivity contribution is -0.145. The van der Waals surface area contributed by atoms with Crippen LogP contribution in [0.4, 0.5) is 5.69 Å². The molecule has 0 aromatic heterocycles. The van der Waals surface area contributed by atoms with Crippen LogP contribution in [0.25, 0.3) is 0 Å². The van der Waals surface area contributed by atoms with Gasteiger partial charge in [0.1, 0.15) is 5.54 Å². The van der Waals surface area contributed by atoms with Crippen LogP contribution in [0.1, 0.15) is 50.7 Å². The maximum Gasteiger partial charge on any atom is 0.250 e. The van der Waals surface area contributed by atoms with Gasteiger partial charge in [0.25, 0.3) is 0 Å². The molecule has 6 heteroatoms. The molecule has 3 saturated heterocycles. The molecule has 4 aliphatic heterocycles. The Bertz CT molecular complexity index is 882. The Kier molecular flexibility index (Phi) is 3.92. The molecule has 5 rings (SSSR count). The van der Waals surface area contributed by atoms with E-state index in [1.54, 1.807) is 0 Å². The summed E-state index contributed by atoms with van der Waals surface area (Å²) in [6.07, 6.45) is 4.43. The third-order valence-corrected chi connectivity index (χ3v) is 7.29. The topological polar surface area (TPSA) is 69.7 Å². The van der Waals surface area contributed by atoms with Gasteiger partial charge in [0, 0.05) is 23.8 Å². The maximum atomic E-state index is 13.5. The summed E-state index contributed by atoms with van der Waals surface area (Å²) in [4.78, 5) is 43.9. The third-order valence-electron chi connectivity index (χ3n) is 7.29. The number of carbonyl (C=O) groups excluding carboxylic acids is 3. The van der Waals surface area contributed by atoms with Crippen molar-refractivity contribution in [3.05, 3.63) is 29.3 Å². The highest BCUT2D eigenvalue weighted by molar-refractivity contribution is 6.15. The molecule has 1 aromatic rings. The number of rotatable bonds is 4. The minimum absolute atomic E-state index is 0.0185. The zero-order chi connectivity index (χ0) is 19.6. The van der Waals surface area contributed by atoms with Crippen LogP contribution in [-0.4, -0.2) is 46.7 Å². The van der Waals surface area contributed by atoms with Gasteiger partial charge in [0.15, 0.2) is 0 Å². The first-order valence-corrected chi connectivity index (χ1v) is 10.6. The van der Waals surface area contributed by atoms with Crippen LogP contribution in [0.5, 0.6) is 0 Å². The number of hydrogen-bond donors (Lipinski definition) is 1. The van der Waals surface area contributed by atoms with Crippen LogP contribution >= 0.6 is 0 Å². The fourth-order valence-electron chi connectivity index (χ4n) is 6.07. The first kappa shape index (κ1) is 17.9. The number of unbranched alkanes of at least 4 members (excludes halogenated alkanes) is 1. The number of hydrogen-bond acceptors (Lipinski definition) is 4. The van der Waals surface area contributed by atoms with E-state index in [1.807, 2.05) is 12.1 Å². The Morgan fingerprint density at radius 3 is 2.75 bits per heavy atom. The first-order valence-electron chi connectivity index (χ1n) is 10.6. The second-order valence-electron chi connectivity index (χ2n) is 8.54. The number of aryl methyl sites for hydroxylation is 1. The van der Waals surface area contributed by atoms with Crippen LogP contribution in [0.2, 0.25) is 0 Å². The Balaban J connectivity index is 1.69. The number of benzene rings is 1. The van der Waals surface area contributed by atoms with E-state index < -0.39 is 17.4 Å². The van der Waals surface area contributed by atoms with Gasteiger partial charge in [-0.1, -0.05) is 32.4 Å². The molecule has 4 atom stereocenters. The van der Waals surface area contributed by atoms with Gasteiger partial charge >= 0.3 is 0 Å². The number of likely N-dealkylation sites (tertiary alicyclic amines) is 1. The molecule has 0 saturated carbocycles. The van der Waals surface area contributed by atoms with Crippen molar-refractivity contribution in [1.29, 1.82) is 0 Å². The van der Waals surface area contributed by atoms with Crippen molar-refractivity contribution in [3.8, 4) is 0 Å². The van der Waals surface area contributed by atoms with E-state index in [9.17, 15) is 14.4 Å². The van der Waals surface area contributed by atoms with Crippen molar-refractivity contribution in [3.63, 3.8) is 0 Å². The third kappa shape index (κ3) is 1.99. The summed E-state index contributed by atoms with van der Waals surface area (Å²) in [6.45, 7) is 5.37. The van der Waals surface area contributed by atoms with E-state index in [0.29, 0.717) is 6.54 Å². The van der Waals surface area contributed by atoms with E-state index in [4.69, 9.17) is 0 Å². The van der Waals surface area contributed by atoms with Gasteiger partial charge < -0.3 is 5.32 Å². The number of nitrogens with one attached hydrogen (secondary N) is 1. The van der Waals surface area contributed by atoms with Gasteiger partial charge in [-0.3, -0.25) is 24.2 Å². The number of nitrogens with zero attached hydrogens (tertiary/aromatic N) is 2. The summed E-state index contributed by atoms with van der Waals surface area (Å²) in [5.41, 5.74) is 1.81. The van der Waals surface area contributed by atoms with Gasteiger partial charge in [0.05, 0.1) is 11.8 Å². The molecule has 1 spiro atoms. The minimum Gasteiger partial charge on any atom is -0.324 e. The highest BCUT2D eigenvalue weighted by Crippen LogP contribution is 2.60. The molecule has 0 radical (unpaired) electrons. The average molecular weight is 381 g/mol. The second-order valence-corrected chi connectivity index (χ2v) is 8.54. The molecule has 3 amide bonds. The summed E-state index contributed by atoms with van der Waals surface area (Å²) in [5.74, 6) is -1.34. The second kappa shape index (κ2) is 6.14. The molecule has 4 aliphatic rings. The van der Waals surface area contributed by atoms with E-state index in [-0.39, 0.29) is 23.8 Å². The molecule has 4 heterocycles. The quantitative estimate of drug-likeness (QED) is 0.813. The normalized spacial score (nSPS) is 33.6. The number of anilines is 1. The number of amides is 3. The summed E-state index contributed by atoms with van der Waals surface area (Å²) in [5, 5.41) is 3.04. The average Bonchev–Trinajstić information content (AvgIpc) is 3.39. The molecular formula is C22H27N3O3. The van der Waals surface area contributed by atoms with Gasteiger partial charge in [-0.2, -0.15) is 0 Å². The summed E-state index contributed by atoms with van der Waals surface area (Å²) in [7, 11) is 0. The van der Waals surface area contributed by atoms with Crippen molar-refractivity contribution in [2.45, 2.75) is 57.5 Å². The van der Waals surface area contributed by atoms with Crippen LogP contribution in [0.3, 0.4) is 0 Å². The van der Waals surface area contributed by atoms with Crippen molar-refractivity contribution in [2.75, 3.05) is 18.4 Å². The first-order chi connectivity index (χ1) is 13.6. The van der Waals surface area contributed by atoms with Crippen molar-refractivity contribution >= 4 is 23.4 Å². The van der Waals surface area contributed by atoms with Gasteiger partial charge in [-0.25, -0.2) is 0 Å². The summed E-state index contributed by atoms with van der Waals surface area (Å²) in [6, 6.07) is 6.05. The highest BCUT2D eigenvalue weighted by Gasteiger charge is 2.74. The largest absolute Gasteiger partial charge is 0.324 e. The minimum atomic E-state index is -1.03. The zero-order valence-electron chi connectivity index (χ0n) is 16.5. The fraction of sp³-hybridized carbons (Fsp3) is 0.591. The van der Waals surface area contributed by atoms with Crippen LogP contribution in [0, 0.1) is 11.8 Å². The molecule has 1 N–H and O–H groups in total. The van der Waals surface area contributed by atoms with Crippen molar-refractivity contribution < 1.29 is 14.4 Å². The van der Waals surface area contributed by atoms with Gasteiger partial charge in [-0.15, -0.1) is 0 Å². The molecule has 3 fully saturated rings. The van der Waals surface area contributed by atoms with Crippen molar-refractivity contribution in [1.82, 2.24) is 9.80 Å². The van der Waals surface area contributed by atoms with E-state index in [2.05, 4.69) is 30.1 Å². The fourth-order valence-corrected chi connectivity index (χ4v) is 6.07. The monoisotopic (exact) mass is 381 g/mol. The molecule has 0 aliphatic carbocycles. The molecular weight excluding hydrogens is 354 g/mol. The van der Waals surface area contributed by atoms with Gasteiger partial charge in [0.2, 0.25) is 17.7 Å². The lowest BCUT2D eigenvalue weighted by Crippen LogP contribution is -2.54. The van der Waals surface area contributed by atoms with E-state index >= 15 is 0 Å². The number of fused-ring (bicyclic) bond motifs is 7. The van der Waals surface area contributed by atoms with Crippen LogP contribution in [-0.2, 0) is 26.3 Å². The summed E-state index contributed by atoms with van der Waals surface area (Å²) >= 11 is 0. The summed E-state index contributed by atoms with van der Waals surface area (Å²) < 4.78 is 0. The lowest BCUT2D eigenvalue weighted by Gasteiger charge is -2.36. The zero-order valence-corrected chi connectivity index (χ0v) is 16.5. The van der Waals surface area contributed by atoms with Crippen LogP contribution in [0.15, 0.2) is 18.2 Å². The SMILES string of the molecule is CCCCN1C(=O)C2C3CCCN3C3(C(=O)Nc4ccc(CC)cc43)C2C1=O. The molecule has 28 heavy (non-hydrogen) atoms. The standard InChI is InChI=1S/C22H27N3O3/c1-3-5-10-24-19(26)17-16-7-6-11-25(16)22(18(17)20(24)27)14-12-13(4-2)8-9-15(14)23-21(22)28/h8-9,12,16-18H,3-7,10-11H2,1-2H3,(H,23,28). The molecule has 4 unspecified atom stereocenters. The predicted octanol–water partition coefficient (Wildman–Crippen LogP) is 2.28. The van der Waals surface area contributed by atoms with E-state index in [1.165, 1.54) is 4.90 Å². The molecule has 0 bridgehead atoms. The lowest BCUT2D eigenvalue weighted by atomic mass is 9.75. The van der Waals surface area contributed by atoms with Gasteiger partial charge in [-0.05, 0) is 43.9 Å². The van der Waals surface area contributed by atoms with Crippen molar-refractivity contribution in [2.24, 2.45) is 11.8 Å². The predicted molar refractivity (Wildman–Crippen MR) is 104 cm³/mol. The smallest absolute Gasteiger partial charge is 0.250 e.